The van der Waals surface area contributed by atoms with Crippen LogP contribution in [0.4, 0.5) is 0 Å². The largest absolute Gasteiger partial charge is 0.374 e. The maximum atomic E-state index is 11.3. The van der Waals surface area contributed by atoms with Crippen molar-refractivity contribution >= 4 is 17.2 Å². The van der Waals surface area contributed by atoms with Gasteiger partial charge in [0.2, 0.25) is 0 Å². The van der Waals surface area contributed by atoms with E-state index in [1.165, 1.54) is 0 Å². The highest BCUT2D eigenvalue weighted by Crippen LogP contribution is 2.48. The van der Waals surface area contributed by atoms with E-state index < -0.39 is 5.60 Å². The van der Waals surface area contributed by atoms with Crippen molar-refractivity contribution in [2.45, 2.75) is 5.60 Å². The molecule has 3 rings (SSSR count). The fourth-order valence-corrected chi connectivity index (χ4v) is 2.99. The van der Waals surface area contributed by atoms with Crippen LogP contribution in [-0.4, -0.2) is 29.1 Å². The maximum Gasteiger partial charge on any atom is 0.166 e. The van der Waals surface area contributed by atoms with E-state index in [2.05, 4.69) is 0 Å². The van der Waals surface area contributed by atoms with Crippen molar-refractivity contribution in [3.63, 3.8) is 0 Å². The number of benzene rings is 2. The van der Waals surface area contributed by atoms with Crippen molar-refractivity contribution in [3.05, 3.63) is 59.7 Å². The van der Waals surface area contributed by atoms with E-state index in [4.69, 9.17) is 12.2 Å². The summed E-state index contributed by atoms with van der Waals surface area (Å²) in [5.74, 6) is 0. The molecule has 0 heterocycles. The summed E-state index contributed by atoms with van der Waals surface area (Å²) in [4.78, 5) is 2.32. The molecule has 0 unspecified atom stereocenters. The Labute approximate surface area is 118 Å². The zero-order chi connectivity index (χ0) is 13.6. The first-order chi connectivity index (χ1) is 9.06. The van der Waals surface area contributed by atoms with Gasteiger partial charge in [0, 0.05) is 25.2 Å². The Bertz CT molecular complexity index is 618. The second kappa shape index (κ2) is 4.15. The van der Waals surface area contributed by atoms with Crippen LogP contribution >= 0.6 is 12.2 Å². The summed E-state index contributed by atoms with van der Waals surface area (Å²) in [6.07, 6.45) is 0. The van der Waals surface area contributed by atoms with Crippen LogP contribution in [0.3, 0.4) is 0 Å². The summed E-state index contributed by atoms with van der Waals surface area (Å²) >= 11 is 5.48. The number of hydrogen-bond donors (Lipinski definition) is 1. The molecule has 0 saturated heterocycles. The van der Waals surface area contributed by atoms with Gasteiger partial charge in [-0.15, -0.1) is 0 Å². The van der Waals surface area contributed by atoms with Crippen molar-refractivity contribution in [2.75, 3.05) is 14.1 Å². The van der Waals surface area contributed by atoms with Crippen LogP contribution in [-0.2, 0) is 5.60 Å². The maximum absolute atomic E-state index is 11.3. The molecule has 0 spiro atoms. The van der Waals surface area contributed by atoms with Crippen LogP contribution in [0.5, 0.6) is 0 Å². The zero-order valence-corrected chi connectivity index (χ0v) is 11.7. The van der Waals surface area contributed by atoms with Gasteiger partial charge in [0.15, 0.2) is 5.60 Å². The Kier molecular flexibility index (Phi) is 2.69. The van der Waals surface area contributed by atoms with Crippen molar-refractivity contribution in [1.29, 1.82) is 0 Å². The van der Waals surface area contributed by atoms with E-state index in [1.54, 1.807) is 4.90 Å². The van der Waals surface area contributed by atoms with Gasteiger partial charge in [-0.3, -0.25) is 0 Å². The number of likely N-dealkylation sites (N-methyl/N-ethyl adjacent to an activating group) is 1. The minimum atomic E-state index is -1.20. The summed E-state index contributed by atoms with van der Waals surface area (Å²) in [7, 11) is 3.73. The first-order valence-corrected chi connectivity index (χ1v) is 6.61. The molecule has 0 atom stereocenters. The minimum Gasteiger partial charge on any atom is -0.374 e. The van der Waals surface area contributed by atoms with Crippen LogP contribution < -0.4 is 0 Å². The third kappa shape index (κ3) is 1.55. The highest BCUT2D eigenvalue weighted by molar-refractivity contribution is 7.80. The summed E-state index contributed by atoms with van der Waals surface area (Å²) in [5, 5.41) is 11.3. The van der Waals surface area contributed by atoms with E-state index in [0.717, 1.165) is 22.3 Å². The molecule has 1 aliphatic rings. The Morgan fingerprint density at radius 2 is 1.37 bits per heavy atom. The Hall–Kier alpha value is -1.71. The highest BCUT2D eigenvalue weighted by Gasteiger charge is 2.45. The number of fused-ring (bicyclic) bond motifs is 3. The number of hydrogen-bond acceptors (Lipinski definition) is 2. The molecule has 2 aromatic carbocycles. The van der Waals surface area contributed by atoms with Crippen LogP contribution in [0.2, 0.25) is 0 Å². The first kappa shape index (κ1) is 12.3. The highest BCUT2D eigenvalue weighted by atomic mass is 32.1. The van der Waals surface area contributed by atoms with Crippen LogP contribution in [0, 0.1) is 0 Å². The Morgan fingerprint density at radius 1 is 0.947 bits per heavy atom. The minimum absolute atomic E-state index is 0.518. The van der Waals surface area contributed by atoms with Gasteiger partial charge in [-0.05, 0) is 11.1 Å². The normalized spacial score (nSPS) is 14.7. The summed E-state index contributed by atoms with van der Waals surface area (Å²) in [6.45, 7) is 0. The fourth-order valence-electron chi connectivity index (χ4n) is 2.77. The lowest BCUT2D eigenvalue weighted by atomic mass is 9.91. The molecule has 0 aliphatic heterocycles. The van der Waals surface area contributed by atoms with Crippen molar-refractivity contribution in [1.82, 2.24) is 4.90 Å². The fraction of sp³-hybridized carbons (Fsp3) is 0.188. The van der Waals surface area contributed by atoms with Gasteiger partial charge < -0.3 is 10.0 Å². The van der Waals surface area contributed by atoms with Crippen molar-refractivity contribution in [2.24, 2.45) is 0 Å². The lowest BCUT2D eigenvalue weighted by Gasteiger charge is -2.30. The number of thiocarbonyl (C=S) groups is 1. The molecule has 2 nitrogen and oxygen atoms in total. The molecule has 0 amide bonds. The second-order valence-corrected chi connectivity index (χ2v) is 5.39. The molecule has 1 N–H and O–H groups in total. The average molecular weight is 269 g/mol. The van der Waals surface area contributed by atoms with Gasteiger partial charge in [0.05, 0.1) is 0 Å². The summed E-state index contributed by atoms with van der Waals surface area (Å²) in [6, 6.07) is 15.8. The van der Waals surface area contributed by atoms with Gasteiger partial charge in [-0.1, -0.05) is 60.7 Å². The molecule has 0 bridgehead atoms. The van der Waals surface area contributed by atoms with Crippen LogP contribution in [0.1, 0.15) is 11.1 Å². The smallest absolute Gasteiger partial charge is 0.166 e. The predicted molar refractivity (Wildman–Crippen MR) is 81.2 cm³/mol. The van der Waals surface area contributed by atoms with E-state index >= 15 is 0 Å². The van der Waals surface area contributed by atoms with E-state index in [1.807, 2.05) is 62.6 Å². The van der Waals surface area contributed by atoms with Gasteiger partial charge in [-0.2, -0.15) is 0 Å². The Morgan fingerprint density at radius 3 is 1.79 bits per heavy atom. The van der Waals surface area contributed by atoms with Crippen LogP contribution in [0.15, 0.2) is 48.5 Å². The monoisotopic (exact) mass is 269 g/mol. The molecule has 19 heavy (non-hydrogen) atoms. The lowest BCUT2D eigenvalue weighted by molar-refractivity contribution is 0.151. The van der Waals surface area contributed by atoms with E-state index in [-0.39, 0.29) is 0 Å². The van der Waals surface area contributed by atoms with Crippen LogP contribution in [0.25, 0.3) is 11.1 Å². The molecule has 0 radical (unpaired) electrons. The number of rotatable bonds is 1. The van der Waals surface area contributed by atoms with Crippen molar-refractivity contribution < 1.29 is 5.11 Å². The van der Waals surface area contributed by atoms with Gasteiger partial charge in [0.1, 0.15) is 4.99 Å². The molecular formula is C16H15NOS. The SMILES string of the molecule is CN(C)C(=S)C1(O)c2ccccc2-c2ccccc21. The molecular weight excluding hydrogens is 254 g/mol. The molecule has 3 heteroatoms. The molecule has 0 aromatic heterocycles. The number of aliphatic hydroxyl groups is 1. The molecule has 1 aliphatic carbocycles. The molecule has 2 aromatic rings. The Balaban J connectivity index is 2.34. The first-order valence-electron chi connectivity index (χ1n) is 6.20. The van der Waals surface area contributed by atoms with Gasteiger partial charge >= 0.3 is 0 Å². The quantitative estimate of drug-likeness (QED) is 0.805. The third-order valence-corrected chi connectivity index (χ3v) is 4.30. The van der Waals surface area contributed by atoms with Crippen molar-refractivity contribution in [3.8, 4) is 11.1 Å². The van der Waals surface area contributed by atoms with Gasteiger partial charge in [-0.25, -0.2) is 0 Å². The zero-order valence-electron chi connectivity index (χ0n) is 10.9. The molecule has 0 fully saturated rings. The predicted octanol–water partition coefficient (Wildman–Crippen LogP) is 2.79. The topological polar surface area (TPSA) is 23.5 Å². The molecule has 96 valence electrons. The summed E-state index contributed by atoms with van der Waals surface area (Å²) in [5.41, 5.74) is 2.66. The standard InChI is InChI=1S/C16H15NOS/c1-17(2)15(19)16(18)13-9-5-3-7-11(13)12-8-4-6-10-14(12)16/h3-10,18H,1-2H3. The van der Waals surface area contributed by atoms with E-state index in [0.29, 0.717) is 4.99 Å². The number of nitrogens with zero attached hydrogens (tertiary/aromatic N) is 1. The lowest BCUT2D eigenvalue weighted by Crippen LogP contribution is -2.42. The second-order valence-electron chi connectivity index (χ2n) is 5.00. The average Bonchev–Trinajstić information content (AvgIpc) is 2.70. The third-order valence-electron chi connectivity index (χ3n) is 3.64. The van der Waals surface area contributed by atoms with Gasteiger partial charge in [0.25, 0.3) is 0 Å². The molecule has 0 saturated carbocycles. The van der Waals surface area contributed by atoms with E-state index in [9.17, 15) is 5.11 Å². The summed E-state index contributed by atoms with van der Waals surface area (Å²) < 4.78 is 0.